The summed E-state index contributed by atoms with van der Waals surface area (Å²) in [6.07, 6.45) is 0. The number of nitrogens with one attached hydrogen (secondary N) is 2. The van der Waals surface area contributed by atoms with E-state index in [4.69, 9.17) is 0 Å². The molecular weight excluding hydrogens is 255 g/mol. The summed E-state index contributed by atoms with van der Waals surface area (Å²) in [5.74, 6) is -0.374. The number of anilines is 1. The highest BCUT2D eigenvalue weighted by atomic mass is 19.1. The lowest BCUT2D eigenvalue weighted by Crippen LogP contribution is -2.17. The fourth-order valence-electron chi connectivity index (χ4n) is 1.96. The monoisotopic (exact) mass is 272 g/mol. The highest BCUT2D eigenvalue weighted by Crippen LogP contribution is 2.19. The lowest BCUT2D eigenvalue weighted by atomic mass is 10.1. The van der Waals surface area contributed by atoms with Crippen molar-refractivity contribution in [2.45, 2.75) is 13.5 Å². The zero-order valence-electron chi connectivity index (χ0n) is 11.5. The molecule has 0 aromatic heterocycles. The van der Waals surface area contributed by atoms with E-state index in [0.717, 1.165) is 11.1 Å². The molecule has 2 aromatic carbocycles. The van der Waals surface area contributed by atoms with E-state index in [1.807, 2.05) is 25.1 Å². The highest BCUT2D eigenvalue weighted by Gasteiger charge is 2.05. The molecule has 2 aromatic rings. The Labute approximate surface area is 117 Å². The van der Waals surface area contributed by atoms with Crippen LogP contribution in [-0.4, -0.2) is 13.0 Å². The van der Waals surface area contributed by atoms with Crippen LogP contribution in [0.2, 0.25) is 0 Å². The van der Waals surface area contributed by atoms with Crippen LogP contribution in [0.1, 0.15) is 21.5 Å². The molecule has 0 radical (unpaired) electrons. The quantitative estimate of drug-likeness (QED) is 0.898. The van der Waals surface area contributed by atoms with Gasteiger partial charge in [0.15, 0.2) is 0 Å². The summed E-state index contributed by atoms with van der Waals surface area (Å²) < 4.78 is 13.7. The Morgan fingerprint density at radius 3 is 2.45 bits per heavy atom. The van der Waals surface area contributed by atoms with Crippen molar-refractivity contribution in [3.8, 4) is 0 Å². The number of hydrogen-bond acceptors (Lipinski definition) is 2. The summed E-state index contributed by atoms with van der Waals surface area (Å²) in [6, 6.07) is 12.2. The molecule has 0 heterocycles. The molecule has 0 fully saturated rings. The molecule has 104 valence electrons. The zero-order valence-corrected chi connectivity index (χ0v) is 11.5. The summed E-state index contributed by atoms with van der Waals surface area (Å²) in [5, 5.41) is 5.65. The molecule has 0 aliphatic rings. The summed E-state index contributed by atoms with van der Waals surface area (Å²) in [5.41, 5.74) is 2.98. The molecule has 20 heavy (non-hydrogen) atoms. The van der Waals surface area contributed by atoms with Crippen molar-refractivity contribution >= 4 is 11.6 Å². The van der Waals surface area contributed by atoms with Gasteiger partial charge in [-0.1, -0.05) is 24.3 Å². The Hall–Kier alpha value is -2.36. The maximum Gasteiger partial charge on any atom is 0.251 e. The second-order valence-corrected chi connectivity index (χ2v) is 4.56. The van der Waals surface area contributed by atoms with Gasteiger partial charge >= 0.3 is 0 Å². The topological polar surface area (TPSA) is 41.1 Å². The van der Waals surface area contributed by atoms with Crippen molar-refractivity contribution in [1.29, 1.82) is 0 Å². The van der Waals surface area contributed by atoms with Gasteiger partial charge in [0.1, 0.15) is 5.82 Å². The number of carbonyl (C=O) groups is 1. The van der Waals surface area contributed by atoms with Crippen LogP contribution < -0.4 is 10.6 Å². The Morgan fingerprint density at radius 1 is 1.15 bits per heavy atom. The number of carbonyl (C=O) groups excluding carboxylic acids is 1. The van der Waals surface area contributed by atoms with Crippen molar-refractivity contribution < 1.29 is 9.18 Å². The molecule has 3 nitrogen and oxygen atoms in total. The number of rotatable bonds is 4. The second kappa shape index (κ2) is 6.19. The minimum absolute atomic E-state index is 0.116. The molecule has 0 saturated carbocycles. The second-order valence-electron chi connectivity index (χ2n) is 4.56. The minimum Gasteiger partial charge on any atom is -0.378 e. The first-order chi connectivity index (χ1) is 9.61. The third-order valence-electron chi connectivity index (χ3n) is 3.13. The standard InChI is InChI=1S/C16H17FN2O/c1-11-4-3-5-14(17)15(11)19-10-12-6-8-13(9-7-12)16(20)18-2/h3-9,19H,10H2,1-2H3,(H,18,20). The van der Waals surface area contributed by atoms with Gasteiger partial charge < -0.3 is 10.6 Å². The Morgan fingerprint density at radius 2 is 1.85 bits per heavy atom. The molecule has 0 aliphatic heterocycles. The SMILES string of the molecule is CNC(=O)c1ccc(CNc2c(C)cccc2F)cc1. The van der Waals surface area contributed by atoms with Crippen molar-refractivity contribution in [3.05, 3.63) is 65.0 Å². The molecule has 0 atom stereocenters. The lowest BCUT2D eigenvalue weighted by Gasteiger charge is -2.11. The highest BCUT2D eigenvalue weighted by molar-refractivity contribution is 5.93. The fourth-order valence-corrected chi connectivity index (χ4v) is 1.96. The Bertz CT molecular complexity index is 588. The normalized spacial score (nSPS) is 10.2. The van der Waals surface area contributed by atoms with Crippen molar-refractivity contribution in [3.63, 3.8) is 0 Å². The fraction of sp³-hybridized carbons (Fsp3) is 0.188. The summed E-state index contributed by atoms with van der Waals surface area (Å²) in [6.45, 7) is 2.37. The Kier molecular flexibility index (Phi) is 4.35. The summed E-state index contributed by atoms with van der Waals surface area (Å²) in [4.78, 5) is 11.4. The molecule has 0 spiro atoms. The molecule has 0 saturated heterocycles. The van der Waals surface area contributed by atoms with Crippen LogP contribution in [0.15, 0.2) is 42.5 Å². The molecule has 0 unspecified atom stereocenters. The minimum atomic E-state index is -0.257. The predicted molar refractivity (Wildman–Crippen MR) is 78.3 cm³/mol. The van der Waals surface area contributed by atoms with Crippen LogP contribution in [-0.2, 0) is 6.54 Å². The van der Waals surface area contributed by atoms with Crippen LogP contribution in [0, 0.1) is 12.7 Å². The van der Waals surface area contributed by atoms with E-state index in [-0.39, 0.29) is 11.7 Å². The van der Waals surface area contributed by atoms with Gasteiger partial charge in [0.05, 0.1) is 5.69 Å². The van der Waals surface area contributed by atoms with E-state index >= 15 is 0 Å². The summed E-state index contributed by atoms with van der Waals surface area (Å²) >= 11 is 0. The molecule has 0 bridgehead atoms. The van der Waals surface area contributed by atoms with Crippen molar-refractivity contribution in [2.24, 2.45) is 0 Å². The lowest BCUT2D eigenvalue weighted by molar-refractivity contribution is 0.0963. The van der Waals surface area contributed by atoms with Crippen LogP contribution in [0.25, 0.3) is 0 Å². The third kappa shape index (κ3) is 3.15. The maximum absolute atomic E-state index is 13.7. The molecular formula is C16H17FN2O. The van der Waals surface area contributed by atoms with Gasteiger partial charge in [-0.15, -0.1) is 0 Å². The molecule has 1 amide bonds. The maximum atomic E-state index is 13.7. The van der Waals surface area contributed by atoms with Crippen LogP contribution in [0.3, 0.4) is 0 Å². The molecule has 0 aliphatic carbocycles. The first kappa shape index (κ1) is 14.1. The van der Waals surface area contributed by atoms with Gasteiger partial charge in [-0.3, -0.25) is 4.79 Å². The van der Waals surface area contributed by atoms with Gasteiger partial charge in [-0.25, -0.2) is 4.39 Å². The van der Waals surface area contributed by atoms with Crippen molar-refractivity contribution in [1.82, 2.24) is 5.32 Å². The van der Waals surface area contributed by atoms with Crippen LogP contribution in [0.5, 0.6) is 0 Å². The van der Waals surface area contributed by atoms with E-state index in [0.29, 0.717) is 17.8 Å². The van der Waals surface area contributed by atoms with Crippen molar-refractivity contribution in [2.75, 3.05) is 12.4 Å². The van der Waals surface area contributed by atoms with E-state index < -0.39 is 0 Å². The molecule has 4 heteroatoms. The zero-order chi connectivity index (χ0) is 14.5. The Balaban J connectivity index is 2.06. The third-order valence-corrected chi connectivity index (χ3v) is 3.13. The largest absolute Gasteiger partial charge is 0.378 e. The van der Waals surface area contributed by atoms with E-state index in [1.54, 1.807) is 25.2 Å². The van der Waals surface area contributed by atoms with Crippen LogP contribution >= 0.6 is 0 Å². The summed E-state index contributed by atoms with van der Waals surface area (Å²) in [7, 11) is 1.60. The number of hydrogen-bond donors (Lipinski definition) is 2. The molecule has 2 N–H and O–H groups in total. The van der Waals surface area contributed by atoms with Gasteiger partial charge in [-0.2, -0.15) is 0 Å². The first-order valence-corrected chi connectivity index (χ1v) is 6.42. The number of benzene rings is 2. The molecule has 2 rings (SSSR count). The number of para-hydroxylation sites is 1. The van der Waals surface area contributed by atoms with Gasteiger partial charge in [-0.05, 0) is 36.2 Å². The number of halogens is 1. The smallest absolute Gasteiger partial charge is 0.251 e. The van der Waals surface area contributed by atoms with E-state index in [9.17, 15) is 9.18 Å². The van der Waals surface area contributed by atoms with E-state index in [1.165, 1.54) is 6.07 Å². The average molecular weight is 272 g/mol. The van der Waals surface area contributed by atoms with Gasteiger partial charge in [0.25, 0.3) is 5.91 Å². The number of amides is 1. The average Bonchev–Trinajstić information content (AvgIpc) is 2.46. The van der Waals surface area contributed by atoms with E-state index in [2.05, 4.69) is 10.6 Å². The van der Waals surface area contributed by atoms with Gasteiger partial charge in [0.2, 0.25) is 0 Å². The van der Waals surface area contributed by atoms with Crippen LogP contribution in [0.4, 0.5) is 10.1 Å². The first-order valence-electron chi connectivity index (χ1n) is 6.42. The number of aryl methyl sites for hydroxylation is 1. The van der Waals surface area contributed by atoms with Gasteiger partial charge in [0, 0.05) is 19.2 Å². The predicted octanol–water partition coefficient (Wildman–Crippen LogP) is 3.11.